The summed E-state index contributed by atoms with van der Waals surface area (Å²) >= 11 is 0. The molecule has 0 fully saturated rings. The van der Waals surface area contributed by atoms with E-state index in [4.69, 9.17) is 5.73 Å². The zero-order valence-corrected chi connectivity index (χ0v) is 10.5. The van der Waals surface area contributed by atoms with Gasteiger partial charge >= 0.3 is 0 Å². The van der Waals surface area contributed by atoms with E-state index in [9.17, 15) is 0 Å². The maximum atomic E-state index is 5.48. The summed E-state index contributed by atoms with van der Waals surface area (Å²) in [5.41, 5.74) is 5.48. The second-order valence-electron chi connectivity index (χ2n) is 4.78. The van der Waals surface area contributed by atoms with E-state index in [0.717, 1.165) is 13.0 Å². The van der Waals surface area contributed by atoms with Crippen LogP contribution in [0.2, 0.25) is 0 Å². The molecule has 0 aliphatic rings. The molecule has 1 atom stereocenters. The molecule has 0 amide bonds. The van der Waals surface area contributed by atoms with Crippen molar-refractivity contribution in [1.82, 2.24) is 20.1 Å². The second kappa shape index (κ2) is 5.69. The Kier molecular flexibility index (Phi) is 4.54. The first-order valence-corrected chi connectivity index (χ1v) is 5.56. The molecule has 0 aromatic carbocycles. The van der Waals surface area contributed by atoms with E-state index >= 15 is 0 Å². The highest BCUT2D eigenvalue weighted by Crippen LogP contribution is 2.10. The predicted molar refractivity (Wildman–Crippen MR) is 66.2 cm³/mol. The first-order valence-electron chi connectivity index (χ1n) is 5.56. The number of aromatic amines is 1. The van der Waals surface area contributed by atoms with Crippen molar-refractivity contribution < 1.29 is 0 Å². The molecule has 0 spiro atoms. The number of nitrogens with two attached hydrogens (primary N) is 1. The molecule has 0 radical (unpaired) electrons. The van der Waals surface area contributed by atoms with E-state index in [1.807, 2.05) is 0 Å². The quantitative estimate of drug-likeness (QED) is 0.667. The Balaban J connectivity index is 2.55. The van der Waals surface area contributed by atoms with Crippen molar-refractivity contribution in [2.24, 2.45) is 5.92 Å². The number of nitrogens with one attached hydrogen (secondary N) is 2. The monoisotopic (exact) mass is 226 g/mol. The third kappa shape index (κ3) is 4.48. The van der Waals surface area contributed by atoms with Gasteiger partial charge in [-0.2, -0.15) is 4.98 Å². The molecule has 0 saturated carbocycles. The lowest BCUT2D eigenvalue weighted by molar-refractivity contribution is 0.355. The number of nitrogen functional groups attached to an aromatic ring is 1. The first kappa shape index (κ1) is 12.8. The van der Waals surface area contributed by atoms with Crippen molar-refractivity contribution in [3.8, 4) is 0 Å². The molecule has 6 heteroatoms. The van der Waals surface area contributed by atoms with Gasteiger partial charge in [0.1, 0.15) is 0 Å². The topological polar surface area (TPSA) is 82.9 Å². The van der Waals surface area contributed by atoms with Gasteiger partial charge in [0, 0.05) is 12.6 Å². The largest absolute Gasteiger partial charge is 0.368 e. The van der Waals surface area contributed by atoms with E-state index in [1.165, 1.54) is 0 Å². The number of nitrogens with zero attached hydrogens (tertiary/aromatic N) is 3. The van der Waals surface area contributed by atoms with Crippen LogP contribution >= 0.6 is 0 Å². The van der Waals surface area contributed by atoms with Crippen LogP contribution in [0, 0.1) is 5.92 Å². The normalized spacial score (nSPS) is 13.4. The average Bonchev–Trinajstić information content (AvgIpc) is 2.48. The van der Waals surface area contributed by atoms with Crippen molar-refractivity contribution in [2.75, 3.05) is 31.7 Å². The van der Waals surface area contributed by atoms with E-state index in [2.05, 4.69) is 53.3 Å². The van der Waals surface area contributed by atoms with Crippen molar-refractivity contribution in [3.05, 3.63) is 0 Å². The van der Waals surface area contributed by atoms with Crippen LogP contribution in [-0.4, -0.2) is 46.8 Å². The lowest BCUT2D eigenvalue weighted by Crippen LogP contribution is -2.33. The Morgan fingerprint density at radius 1 is 1.44 bits per heavy atom. The average molecular weight is 226 g/mol. The van der Waals surface area contributed by atoms with Crippen molar-refractivity contribution in [1.29, 1.82) is 0 Å². The summed E-state index contributed by atoms with van der Waals surface area (Å²) in [5, 5.41) is 9.89. The molecule has 1 heterocycles. The van der Waals surface area contributed by atoms with Crippen LogP contribution in [0.5, 0.6) is 0 Å². The summed E-state index contributed by atoms with van der Waals surface area (Å²) in [5.74, 6) is 1.55. The Morgan fingerprint density at radius 3 is 2.56 bits per heavy atom. The smallest absolute Gasteiger partial charge is 0.243 e. The number of H-pyrrole nitrogens is 1. The maximum Gasteiger partial charge on any atom is 0.243 e. The second-order valence-corrected chi connectivity index (χ2v) is 4.78. The molecule has 16 heavy (non-hydrogen) atoms. The Bertz CT molecular complexity index is 296. The molecule has 0 saturated heterocycles. The summed E-state index contributed by atoms with van der Waals surface area (Å²) in [6.07, 6.45) is 1.08. The van der Waals surface area contributed by atoms with Gasteiger partial charge in [0.05, 0.1) is 0 Å². The lowest BCUT2D eigenvalue weighted by Gasteiger charge is -2.23. The standard InChI is InChI=1S/C10H22N6/c1-7(2)5-8(6-16(3)4)12-10-13-9(11)14-15-10/h7-8H,5-6H2,1-4H3,(H4,11,12,13,14,15). The third-order valence-electron chi connectivity index (χ3n) is 2.18. The minimum absolute atomic E-state index is 0.338. The summed E-state index contributed by atoms with van der Waals surface area (Å²) in [6, 6.07) is 0.338. The van der Waals surface area contributed by atoms with Crippen molar-refractivity contribution >= 4 is 11.9 Å². The first-order chi connectivity index (χ1) is 7.47. The van der Waals surface area contributed by atoms with E-state index in [1.54, 1.807) is 0 Å². The third-order valence-corrected chi connectivity index (χ3v) is 2.18. The van der Waals surface area contributed by atoms with Crippen LogP contribution in [0.25, 0.3) is 0 Å². The maximum absolute atomic E-state index is 5.48. The molecule has 1 aromatic rings. The van der Waals surface area contributed by atoms with Crippen LogP contribution in [-0.2, 0) is 0 Å². The molecule has 1 rings (SSSR count). The fraction of sp³-hybridized carbons (Fsp3) is 0.800. The SMILES string of the molecule is CC(C)CC(CN(C)C)Nc1n[nH]c(N)n1. The van der Waals surface area contributed by atoms with Gasteiger partial charge in [-0.05, 0) is 26.4 Å². The molecule has 6 nitrogen and oxygen atoms in total. The summed E-state index contributed by atoms with van der Waals surface area (Å²) in [7, 11) is 4.11. The number of rotatable bonds is 6. The van der Waals surface area contributed by atoms with Gasteiger partial charge in [-0.1, -0.05) is 13.8 Å². The Labute approximate surface area is 96.6 Å². The molecule has 0 aliphatic carbocycles. The molecular weight excluding hydrogens is 204 g/mol. The number of likely N-dealkylation sites (N-methyl/N-ethyl adjacent to an activating group) is 1. The number of anilines is 2. The molecular formula is C10H22N6. The van der Waals surface area contributed by atoms with Gasteiger partial charge in [0.2, 0.25) is 11.9 Å². The molecule has 92 valence electrons. The van der Waals surface area contributed by atoms with Gasteiger partial charge in [-0.3, -0.25) is 0 Å². The van der Waals surface area contributed by atoms with E-state index in [-0.39, 0.29) is 0 Å². The summed E-state index contributed by atoms with van der Waals surface area (Å²) < 4.78 is 0. The van der Waals surface area contributed by atoms with Crippen LogP contribution in [0.4, 0.5) is 11.9 Å². The molecule has 1 unspecified atom stereocenters. The van der Waals surface area contributed by atoms with Gasteiger partial charge in [-0.15, -0.1) is 5.10 Å². The summed E-state index contributed by atoms with van der Waals surface area (Å²) in [4.78, 5) is 6.20. The van der Waals surface area contributed by atoms with Crippen molar-refractivity contribution in [2.45, 2.75) is 26.3 Å². The highest BCUT2D eigenvalue weighted by molar-refractivity contribution is 5.31. The molecule has 4 N–H and O–H groups in total. The summed E-state index contributed by atoms with van der Waals surface area (Å²) in [6.45, 7) is 5.36. The van der Waals surface area contributed by atoms with E-state index < -0.39 is 0 Å². The van der Waals surface area contributed by atoms with Crippen LogP contribution < -0.4 is 11.1 Å². The van der Waals surface area contributed by atoms with Crippen LogP contribution in [0.3, 0.4) is 0 Å². The van der Waals surface area contributed by atoms with Gasteiger partial charge in [-0.25, -0.2) is 5.10 Å². The lowest BCUT2D eigenvalue weighted by atomic mass is 10.0. The van der Waals surface area contributed by atoms with Crippen molar-refractivity contribution in [3.63, 3.8) is 0 Å². The number of hydrogen-bond donors (Lipinski definition) is 3. The molecule has 1 aromatic heterocycles. The highest BCUT2D eigenvalue weighted by atomic mass is 15.3. The number of hydrogen-bond acceptors (Lipinski definition) is 5. The highest BCUT2D eigenvalue weighted by Gasteiger charge is 2.13. The zero-order valence-electron chi connectivity index (χ0n) is 10.5. The minimum Gasteiger partial charge on any atom is -0.368 e. The molecule has 0 bridgehead atoms. The van der Waals surface area contributed by atoms with Gasteiger partial charge in [0.25, 0.3) is 0 Å². The Morgan fingerprint density at radius 2 is 2.12 bits per heavy atom. The number of aromatic nitrogens is 3. The fourth-order valence-electron chi connectivity index (χ4n) is 1.71. The zero-order chi connectivity index (χ0) is 12.1. The van der Waals surface area contributed by atoms with Crippen LogP contribution in [0.15, 0.2) is 0 Å². The fourth-order valence-corrected chi connectivity index (χ4v) is 1.71. The Hall–Kier alpha value is -1.30. The van der Waals surface area contributed by atoms with Gasteiger partial charge < -0.3 is 16.0 Å². The predicted octanol–water partition coefficient (Wildman–Crippen LogP) is 0.775. The molecule has 0 aliphatic heterocycles. The van der Waals surface area contributed by atoms with E-state index in [0.29, 0.717) is 23.9 Å². The van der Waals surface area contributed by atoms with Gasteiger partial charge in [0.15, 0.2) is 0 Å². The minimum atomic E-state index is 0.338. The van der Waals surface area contributed by atoms with Crippen LogP contribution in [0.1, 0.15) is 20.3 Å².